The molecule has 3 rings (SSSR count). The SMILES string of the molecule is O=C(COc1ccccc1F)Nc1cnn(CC2CCOCC2)c1. The monoisotopic (exact) mass is 333 g/mol. The predicted molar refractivity (Wildman–Crippen MR) is 86.3 cm³/mol. The van der Waals surface area contributed by atoms with E-state index in [2.05, 4.69) is 10.4 Å². The van der Waals surface area contributed by atoms with E-state index in [9.17, 15) is 9.18 Å². The predicted octanol–water partition coefficient (Wildman–Crippen LogP) is 2.47. The van der Waals surface area contributed by atoms with E-state index in [1.165, 1.54) is 12.1 Å². The summed E-state index contributed by atoms with van der Waals surface area (Å²) in [4.78, 5) is 11.9. The molecule has 7 heteroatoms. The van der Waals surface area contributed by atoms with Crippen LogP contribution in [0.2, 0.25) is 0 Å². The number of para-hydroxylation sites is 1. The highest BCUT2D eigenvalue weighted by Gasteiger charge is 2.15. The second kappa shape index (κ2) is 7.92. The summed E-state index contributed by atoms with van der Waals surface area (Å²) >= 11 is 0. The van der Waals surface area contributed by atoms with E-state index in [0.29, 0.717) is 11.6 Å². The summed E-state index contributed by atoms with van der Waals surface area (Å²) in [5.74, 6) is -0.243. The Morgan fingerprint density at radius 1 is 1.38 bits per heavy atom. The maximum atomic E-state index is 13.4. The van der Waals surface area contributed by atoms with Crippen LogP contribution in [0.5, 0.6) is 5.75 Å². The lowest BCUT2D eigenvalue weighted by molar-refractivity contribution is -0.118. The number of nitrogens with zero attached hydrogens (tertiary/aromatic N) is 2. The van der Waals surface area contributed by atoms with E-state index in [0.717, 1.165) is 32.6 Å². The highest BCUT2D eigenvalue weighted by atomic mass is 19.1. The largest absolute Gasteiger partial charge is 0.481 e. The van der Waals surface area contributed by atoms with Crippen molar-refractivity contribution in [2.24, 2.45) is 5.92 Å². The van der Waals surface area contributed by atoms with Gasteiger partial charge >= 0.3 is 0 Å². The van der Waals surface area contributed by atoms with Gasteiger partial charge in [-0.25, -0.2) is 4.39 Å². The van der Waals surface area contributed by atoms with Crippen LogP contribution in [0.25, 0.3) is 0 Å². The molecule has 0 bridgehead atoms. The third kappa shape index (κ3) is 4.55. The number of halogens is 1. The molecule has 6 nitrogen and oxygen atoms in total. The summed E-state index contributed by atoms with van der Waals surface area (Å²) in [6.07, 6.45) is 5.44. The van der Waals surface area contributed by atoms with Gasteiger partial charge in [-0.05, 0) is 30.9 Å². The van der Waals surface area contributed by atoms with Crippen LogP contribution in [0.3, 0.4) is 0 Å². The Kier molecular flexibility index (Phi) is 5.43. The second-order valence-corrected chi connectivity index (χ2v) is 5.77. The first-order valence-corrected chi connectivity index (χ1v) is 7.98. The zero-order valence-electron chi connectivity index (χ0n) is 13.3. The van der Waals surface area contributed by atoms with E-state index >= 15 is 0 Å². The molecule has 1 aliphatic rings. The van der Waals surface area contributed by atoms with E-state index in [-0.39, 0.29) is 18.3 Å². The number of benzene rings is 1. The number of aromatic nitrogens is 2. The maximum absolute atomic E-state index is 13.4. The van der Waals surface area contributed by atoms with E-state index in [4.69, 9.17) is 9.47 Å². The molecule has 0 radical (unpaired) electrons. The fourth-order valence-electron chi connectivity index (χ4n) is 2.62. The molecule has 2 aromatic rings. The molecular weight excluding hydrogens is 313 g/mol. The Hall–Kier alpha value is -2.41. The van der Waals surface area contributed by atoms with Gasteiger partial charge < -0.3 is 14.8 Å². The highest BCUT2D eigenvalue weighted by molar-refractivity contribution is 5.91. The molecule has 24 heavy (non-hydrogen) atoms. The van der Waals surface area contributed by atoms with Crippen molar-refractivity contribution in [1.29, 1.82) is 0 Å². The Morgan fingerprint density at radius 3 is 2.96 bits per heavy atom. The van der Waals surface area contributed by atoms with E-state index in [1.807, 2.05) is 4.68 Å². The van der Waals surface area contributed by atoms with Crippen molar-refractivity contribution in [3.63, 3.8) is 0 Å². The number of hydrogen-bond acceptors (Lipinski definition) is 4. The van der Waals surface area contributed by atoms with E-state index in [1.54, 1.807) is 24.5 Å². The molecule has 0 atom stereocenters. The molecule has 1 saturated heterocycles. The summed E-state index contributed by atoms with van der Waals surface area (Å²) < 4.78 is 25.7. The van der Waals surface area contributed by atoms with Gasteiger partial charge in [-0.1, -0.05) is 12.1 Å². The number of ether oxygens (including phenoxy) is 2. The first kappa shape index (κ1) is 16.4. The quantitative estimate of drug-likeness (QED) is 0.882. The molecule has 1 N–H and O–H groups in total. The summed E-state index contributed by atoms with van der Waals surface area (Å²) in [6, 6.07) is 5.98. The smallest absolute Gasteiger partial charge is 0.262 e. The lowest BCUT2D eigenvalue weighted by atomic mass is 10.0. The van der Waals surface area contributed by atoms with Crippen molar-refractivity contribution < 1.29 is 18.7 Å². The fraction of sp³-hybridized carbons (Fsp3) is 0.412. The summed E-state index contributed by atoms with van der Waals surface area (Å²) in [5, 5.41) is 6.95. The highest BCUT2D eigenvalue weighted by Crippen LogP contribution is 2.18. The Balaban J connectivity index is 1.47. The topological polar surface area (TPSA) is 65.4 Å². The number of anilines is 1. The van der Waals surface area contributed by atoms with Crippen LogP contribution in [-0.4, -0.2) is 35.5 Å². The number of hydrogen-bond donors (Lipinski definition) is 1. The van der Waals surface area contributed by atoms with Crippen LogP contribution < -0.4 is 10.1 Å². The van der Waals surface area contributed by atoms with Gasteiger partial charge in [-0.2, -0.15) is 5.10 Å². The number of rotatable bonds is 6. The molecule has 0 saturated carbocycles. The standard InChI is InChI=1S/C17H20FN3O3/c18-15-3-1-2-4-16(15)24-12-17(22)20-14-9-19-21(11-14)10-13-5-7-23-8-6-13/h1-4,9,11,13H,5-8,10,12H2,(H,20,22). The van der Waals surface area contributed by atoms with Crippen molar-refractivity contribution in [3.8, 4) is 5.75 Å². The lowest BCUT2D eigenvalue weighted by Crippen LogP contribution is -2.21. The van der Waals surface area contributed by atoms with E-state index < -0.39 is 5.82 Å². The second-order valence-electron chi connectivity index (χ2n) is 5.77. The molecule has 0 unspecified atom stereocenters. The average molecular weight is 333 g/mol. The fourth-order valence-corrected chi connectivity index (χ4v) is 2.62. The van der Waals surface area contributed by atoms with Gasteiger partial charge in [0.2, 0.25) is 0 Å². The molecule has 1 aromatic heterocycles. The number of carbonyl (C=O) groups excluding carboxylic acids is 1. The Morgan fingerprint density at radius 2 is 2.17 bits per heavy atom. The zero-order valence-corrected chi connectivity index (χ0v) is 13.3. The third-order valence-electron chi connectivity index (χ3n) is 3.90. The third-order valence-corrected chi connectivity index (χ3v) is 3.90. The van der Waals surface area contributed by atoms with Crippen LogP contribution in [0, 0.1) is 11.7 Å². The van der Waals surface area contributed by atoms with Crippen LogP contribution in [0.15, 0.2) is 36.7 Å². The Labute approximate surface area is 139 Å². The van der Waals surface area contributed by atoms with Gasteiger partial charge in [0.05, 0.1) is 11.9 Å². The van der Waals surface area contributed by atoms with Crippen molar-refractivity contribution in [2.45, 2.75) is 19.4 Å². The normalized spacial score (nSPS) is 15.2. The summed E-state index contributed by atoms with van der Waals surface area (Å²) in [6.45, 7) is 2.14. The minimum absolute atomic E-state index is 0.0582. The summed E-state index contributed by atoms with van der Waals surface area (Å²) in [5.41, 5.74) is 0.601. The number of carbonyl (C=O) groups is 1. The molecule has 1 aromatic carbocycles. The van der Waals surface area contributed by atoms with Gasteiger partial charge in [-0.15, -0.1) is 0 Å². The van der Waals surface area contributed by atoms with Gasteiger partial charge in [-0.3, -0.25) is 9.48 Å². The zero-order chi connectivity index (χ0) is 16.8. The Bertz CT molecular complexity index is 683. The molecule has 1 fully saturated rings. The van der Waals surface area contributed by atoms with Crippen LogP contribution in [-0.2, 0) is 16.1 Å². The molecular formula is C17H20FN3O3. The maximum Gasteiger partial charge on any atom is 0.262 e. The average Bonchev–Trinajstić information content (AvgIpc) is 3.02. The number of nitrogens with one attached hydrogen (secondary N) is 1. The van der Waals surface area contributed by atoms with Crippen molar-refractivity contribution in [3.05, 3.63) is 42.5 Å². The van der Waals surface area contributed by atoms with Gasteiger partial charge in [0, 0.05) is 26.0 Å². The molecule has 0 spiro atoms. The number of amides is 1. The van der Waals surface area contributed by atoms with Crippen LogP contribution >= 0.6 is 0 Å². The van der Waals surface area contributed by atoms with Crippen LogP contribution in [0.4, 0.5) is 10.1 Å². The molecule has 2 heterocycles. The lowest BCUT2D eigenvalue weighted by Gasteiger charge is -2.21. The van der Waals surface area contributed by atoms with Gasteiger partial charge in [0.1, 0.15) is 0 Å². The molecule has 0 aliphatic carbocycles. The summed E-state index contributed by atoms with van der Waals surface area (Å²) in [7, 11) is 0. The molecule has 128 valence electrons. The van der Waals surface area contributed by atoms with Gasteiger partial charge in [0.15, 0.2) is 18.2 Å². The first-order chi connectivity index (χ1) is 11.7. The van der Waals surface area contributed by atoms with Crippen molar-refractivity contribution in [2.75, 3.05) is 25.1 Å². The minimum atomic E-state index is -0.491. The van der Waals surface area contributed by atoms with Crippen molar-refractivity contribution >= 4 is 11.6 Å². The molecule has 1 aliphatic heterocycles. The van der Waals surface area contributed by atoms with Crippen molar-refractivity contribution in [1.82, 2.24) is 9.78 Å². The van der Waals surface area contributed by atoms with Crippen LogP contribution in [0.1, 0.15) is 12.8 Å². The minimum Gasteiger partial charge on any atom is -0.481 e. The first-order valence-electron chi connectivity index (χ1n) is 7.98. The van der Waals surface area contributed by atoms with Gasteiger partial charge in [0.25, 0.3) is 5.91 Å². The molecule has 1 amide bonds.